The summed E-state index contributed by atoms with van der Waals surface area (Å²) in [5.41, 5.74) is 2.50. The molecule has 0 unspecified atom stereocenters. The second kappa shape index (κ2) is 10.8. The van der Waals surface area contributed by atoms with Crippen molar-refractivity contribution in [3.05, 3.63) is 65.2 Å². The maximum atomic E-state index is 12.5. The van der Waals surface area contributed by atoms with Crippen LogP contribution in [0.2, 0.25) is 0 Å². The van der Waals surface area contributed by atoms with Crippen LogP contribution in [-0.4, -0.2) is 23.7 Å². The molecule has 0 bridgehead atoms. The number of ether oxygens (including phenoxy) is 3. The first-order chi connectivity index (χ1) is 14.5. The van der Waals surface area contributed by atoms with Gasteiger partial charge in [-0.15, -0.1) is 0 Å². The summed E-state index contributed by atoms with van der Waals surface area (Å²) in [6.07, 6.45) is -0.641. The van der Waals surface area contributed by atoms with E-state index in [1.165, 1.54) is 5.56 Å². The number of alkyl carbamates (subject to hydrolysis) is 1. The molecular weight excluding hydrogens is 394 g/mol. The molecule has 0 heterocycles. The monoisotopic (exact) mass is 427 g/mol. The number of carbonyl (C=O) groups is 2. The number of hydrogen-bond acceptors (Lipinski definition) is 5. The molecule has 1 amide bonds. The zero-order chi connectivity index (χ0) is 23.0. The van der Waals surface area contributed by atoms with Gasteiger partial charge in [-0.25, -0.2) is 9.59 Å². The van der Waals surface area contributed by atoms with Crippen molar-refractivity contribution in [2.75, 3.05) is 0 Å². The molecule has 2 rings (SSSR count). The van der Waals surface area contributed by atoms with Gasteiger partial charge in [-0.3, -0.25) is 0 Å². The quantitative estimate of drug-likeness (QED) is 0.589. The third-order valence-corrected chi connectivity index (χ3v) is 4.42. The number of nitrogens with one attached hydrogen (secondary N) is 1. The summed E-state index contributed by atoms with van der Waals surface area (Å²) in [6, 6.07) is 14.8. The summed E-state index contributed by atoms with van der Waals surface area (Å²) < 4.78 is 16.4. The highest BCUT2D eigenvalue weighted by Crippen LogP contribution is 2.16. The third kappa shape index (κ3) is 8.70. The number of carbonyl (C=O) groups excluding carboxylic acids is 2. The number of rotatable bonds is 8. The maximum Gasteiger partial charge on any atom is 0.408 e. The summed E-state index contributed by atoms with van der Waals surface area (Å²) >= 11 is 0. The molecule has 0 spiro atoms. The Bertz CT molecular complexity index is 851. The van der Waals surface area contributed by atoms with Gasteiger partial charge in [-0.05, 0) is 56.9 Å². The van der Waals surface area contributed by atoms with Crippen molar-refractivity contribution in [3.8, 4) is 5.75 Å². The Balaban J connectivity index is 1.85. The molecule has 0 aromatic heterocycles. The Morgan fingerprint density at radius 2 is 1.45 bits per heavy atom. The van der Waals surface area contributed by atoms with Gasteiger partial charge >= 0.3 is 12.1 Å². The van der Waals surface area contributed by atoms with Crippen LogP contribution in [-0.2, 0) is 27.5 Å². The van der Waals surface area contributed by atoms with E-state index in [0.29, 0.717) is 6.61 Å². The zero-order valence-electron chi connectivity index (χ0n) is 19.2. The van der Waals surface area contributed by atoms with Crippen LogP contribution < -0.4 is 10.1 Å². The van der Waals surface area contributed by atoms with Crippen molar-refractivity contribution in [2.24, 2.45) is 5.92 Å². The van der Waals surface area contributed by atoms with Gasteiger partial charge in [0.1, 0.15) is 30.6 Å². The number of amides is 1. The Labute approximate surface area is 184 Å². The van der Waals surface area contributed by atoms with Crippen molar-refractivity contribution >= 4 is 12.1 Å². The van der Waals surface area contributed by atoms with Crippen LogP contribution in [0.5, 0.6) is 5.75 Å². The highest BCUT2D eigenvalue weighted by Gasteiger charge is 2.28. The highest BCUT2D eigenvalue weighted by molar-refractivity contribution is 5.81. The predicted octanol–water partition coefficient (Wildman–Crippen LogP) is 5.17. The zero-order valence-corrected chi connectivity index (χ0v) is 19.2. The molecule has 1 atom stereocenters. The van der Waals surface area contributed by atoms with Gasteiger partial charge in [0, 0.05) is 0 Å². The largest absolute Gasteiger partial charge is 0.489 e. The molecule has 2 aromatic rings. The lowest BCUT2D eigenvalue weighted by molar-refractivity contribution is -0.148. The van der Waals surface area contributed by atoms with Gasteiger partial charge in [0.2, 0.25) is 0 Å². The highest BCUT2D eigenvalue weighted by atomic mass is 16.6. The van der Waals surface area contributed by atoms with E-state index in [9.17, 15) is 9.59 Å². The standard InChI is InChI=1S/C25H33NO5/c1-17(2)22(26-24(28)31-25(4,5)6)23(27)30-16-20-11-13-21(14-12-20)29-15-19-9-7-18(3)8-10-19/h7-14,17,22H,15-16H2,1-6H3,(H,26,28)/t22-/m0/s1. The lowest BCUT2D eigenvalue weighted by atomic mass is 10.1. The normalized spacial score (nSPS) is 12.2. The van der Waals surface area contributed by atoms with E-state index in [2.05, 4.69) is 17.4 Å². The van der Waals surface area contributed by atoms with Crippen LogP contribution >= 0.6 is 0 Å². The fourth-order valence-corrected chi connectivity index (χ4v) is 2.71. The van der Waals surface area contributed by atoms with E-state index in [1.54, 1.807) is 20.8 Å². The summed E-state index contributed by atoms with van der Waals surface area (Å²) in [7, 11) is 0. The van der Waals surface area contributed by atoms with Gasteiger partial charge in [0.05, 0.1) is 0 Å². The molecule has 0 radical (unpaired) electrons. The molecule has 31 heavy (non-hydrogen) atoms. The van der Waals surface area contributed by atoms with Crippen molar-refractivity contribution in [1.29, 1.82) is 0 Å². The number of benzene rings is 2. The fraction of sp³-hybridized carbons (Fsp3) is 0.440. The van der Waals surface area contributed by atoms with Gasteiger partial charge < -0.3 is 19.5 Å². The van der Waals surface area contributed by atoms with Gasteiger partial charge in [0.25, 0.3) is 0 Å². The molecule has 0 aliphatic carbocycles. The fourth-order valence-electron chi connectivity index (χ4n) is 2.71. The second-order valence-corrected chi connectivity index (χ2v) is 8.89. The molecule has 6 nitrogen and oxygen atoms in total. The molecule has 0 fully saturated rings. The molecule has 1 N–H and O–H groups in total. The van der Waals surface area contributed by atoms with Crippen LogP contribution in [0, 0.1) is 12.8 Å². The van der Waals surface area contributed by atoms with Gasteiger partial charge in [-0.1, -0.05) is 55.8 Å². The average molecular weight is 428 g/mol. The van der Waals surface area contributed by atoms with E-state index in [0.717, 1.165) is 16.9 Å². The van der Waals surface area contributed by atoms with E-state index >= 15 is 0 Å². The third-order valence-electron chi connectivity index (χ3n) is 4.42. The molecule has 2 aromatic carbocycles. The number of hydrogen-bond donors (Lipinski definition) is 1. The summed E-state index contributed by atoms with van der Waals surface area (Å²) in [6.45, 7) is 11.6. The SMILES string of the molecule is Cc1ccc(COc2ccc(COC(=O)[C@@H](NC(=O)OC(C)(C)C)C(C)C)cc2)cc1. The molecule has 0 aliphatic heterocycles. The summed E-state index contributed by atoms with van der Waals surface area (Å²) in [5, 5.41) is 2.60. The van der Waals surface area contributed by atoms with Crippen molar-refractivity contribution in [1.82, 2.24) is 5.32 Å². The summed E-state index contributed by atoms with van der Waals surface area (Å²) in [4.78, 5) is 24.5. The number of aryl methyl sites for hydroxylation is 1. The van der Waals surface area contributed by atoms with E-state index in [1.807, 2.05) is 57.2 Å². The maximum absolute atomic E-state index is 12.5. The van der Waals surface area contributed by atoms with Gasteiger partial charge in [-0.2, -0.15) is 0 Å². The van der Waals surface area contributed by atoms with Crippen LogP contribution in [0.4, 0.5) is 4.79 Å². The smallest absolute Gasteiger partial charge is 0.408 e. The van der Waals surface area contributed by atoms with Gasteiger partial charge in [0.15, 0.2) is 0 Å². The van der Waals surface area contributed by atoms with Crippen LogP contribution in [0.3, 0.4) is 0 Å². The first-order valence-electron chi connectivity index (χ1n) is 10.5. The minimum Gasteiger partial charge on any atom is -0.489 e. The Morgan fingerprint density at radius 3 is 2.00 bits per heavy atom. The van der Waals surface area contributed by atoms with Crippen molar-refractivity contribution < 1.29 is 23.8 Å². The van der Waals surface area contributed by atoms with E-state index < -0.39 is 23.7 Å². The van der Waals surface area contributed by atoms with E-state index in [4.69, 9.17) is 14.2 Å². The van der Waals surface area contributed by atoms with Crippen LogP contribution in [0.15, 0.2) is 48.5 Å². The Kier molecular flexibility index (Phi) is 8.48. The average Bonchev–Trinajstić information content (AvgIpc) is 2.69. The lowest BCUT2D eigenvalue weighted by Crippen LogP contribution is -2.47. The minimum atomic E-state index is -0.785. The molecule has 0 aliphatic rings. The first kappa shape index (κ1) is 24.3. The predicted molar refractivity (Wildman–Crippen MR) is 120 cm³/mol. The molecule has 0 saturated carbocycles. The molecular formula is C25H33NO5. The van der Waals surface area contributed by atoms with Crippen LogP contribution in [0.1, 0.15) is 51.3 Å². The Hall–Kier alpha value is -3.02. The molecule has 0 saturated heterocycles. The van der Waals surface area contributed by atoms with Crippen molar-refractivity contribution in [3.63, 3.8) is 0 Å². The lowest BCUT2D eigenvalue weighted by Gasteiger charge is -2.24. The topological polar surface area (TPSA) is 73.9 Å². The molecule has 168 valence electrons. The summed E-state index contributed by atoms with van der Waals surface area (Å²) in [5.74, 6) is 0.0976. The number of esters is 1. The Morgan fingerprint density at radius 1 is 0.903 bits per heavy atom. The van der Waals surface area contributed by atoms with Crippen LogP contribution in [0.25, 0.3) is 0 Å². The first-order valence-corrected chi connectivity index (χ1v) is 10.5. The van der Waals surface area contributed by atoms with Crippen molar-refractivity contribution in [2.45, 2.75) is 66.4 Å². The van der Waals surface area contributed by atoms with E-state index in [-0.39, 0.29) is 12.5 Å². The minimum absolute atomic E-state index is 0.107. The molecule has 6 heteroatoms. The second-order valence-electron chi connectivity index (χ2n) is 8.89.